The van der Waals surface area contributed by atoms with Crippen LogP contribution >= 0.6 is 0 Å². The molecular weight excluding hydrogens is 930 g/mol. The Bertz CT molecular complexity index is 3290. The Kier molecular flexibility index (Phi) is 9.38. The van der Waals surface area contributed by atoms with Crippen LogP contribution in [0.3, 0.4) is 0 Å². The number of aryl methyl sites for hydroxylation is 1. The molecule has 302 valence electrons. The maximum atomic E-state index is 6.99. The summed E-state index contributed by atoms with van der Waals surface area (Å²) in [5.74, 6) is 2.04. The molecule has 4 heterocycles. The van der Waals surface area contributed by atoms with Crippen LogP contribution in [0.1, 0.15) is 26.3 Å². The molecule has 1 aliphatic rings. The summed E-state index contributed by atoms with van der Waals surface area (Å²) >= 11 is 0. The van der Waals surface area contributed by atoms with Gasteiger partial charge in [0.25, 0.3) is 0 Å². The number of rotatable bonds is 6. The minimum atomic E-state index is -0.158. The predicted molar refractivity (Wildman–Crippen MR) is 248 cm³/mol. The van der Waals surface area contributed by atoms with Gasteiger partial charge >= 0.3 is 0 Å². The van der Waals surface area contributed by atoms with Crippen molar-refractivity contribution in [3.05, 3.63) is 182 Å². The number of anilines is 3. The molecule has 0 fully saturated rings. The van der Waals surface area contributed by atoms with Crippen molar-refractivity contribution in [2.45, 2.75) is 26.2 Å². The largest absolute Gasteiger partial charge is 0.509 e. The van der Waals surface area contributed by atoms with E-state index in [1.165, 1.54) is 22.0 Å². The SMILES string of the molecule is CN1[CH-]N(c2[c-]c(Oc3[c-]c4c(c(-c5ccccc5)c3)c3ccccc3n4-c3cc4c(cn3)c3ccccc3n4C)cc(C(C)(C)C)c2)c2ccc(-c3ccccc3)cc21.[Pt]. The van der Waals surface area contributed by atoms with E-state index in [9.17, 15) is 0 Å². The Balaban J connectivity index is 0.00000445. The second-order valence-corrected chi connectivity index (χ2v) is 16.8. The molecule has 7 aromatic carbocycles. The molecule has 61 heavy (non-hydrogen) atoms. The molecule has 0 unspecified atom stereocenters. The molecule has 1 aliphatic heterocycles. The molecule has 6 nitrogen and oxygen atoms in total. The van der Waals surface area contributed by atoms with Crippen LogP contribution in [0.25, 0.3) is 71.7 Å². The molecule has 0 atom stereocenters. The van der Waals surface area contributed by atoms with Crippen molar-refractivity contribution in [2.24, 2.45) is 7.05 Å². The number of pyridine rings is 1. The van der Waals surface area contributed by atoms with E-state index in [4.69, 9.17) is 9.72 Å². The van der Waals surface area contributed by atoms with E-state index in [-0.39, 0.29) is 26.5 Å². The molecular formula is C54H42N5OPt-3. The minimum Gasteiger partial charge on any atom is -0.509 e. The van der Waals surface area contributed by atoms with Gasteiger partial charge in [-0.1, -0.05) is 135 Å². The zero-order valence-corrected chi connectivity index (χ0v) is 36.8. The topological polar surface area (TPSA) is 38.5 Å². The van der Waals surface area contributed by atoms with Crippen LogP contribution in [0, 0.1) is 18.8 Å². The van der Waals surface area contributed by atoms with Gasteiger partial charge in [0, 0.05) is 85.1 Å². The van der Waals surface area contributed by atoms with Gasteiger partial charge < -0.3 is 23.7 Å². The monoisotopic (exact) mass is 971 g/mol. The smallest absolute Gasteiger partial charge is 0.137 e. The van der Waals surface area contributed by atoms with E-state index < -0.39 is 0 Å². The normalized spacial score (nSPS) is 12.7. The molecule has 0 saturated heterocycles. The van der Waals surface area contributed by atoms with E-state index >= 15 is 0 Å². The number of ether oxygens (including phenoxy) is 1. The van der Waals surface area contributed by atoms with E-state index in [0.717, 1.165) is 72.3 Å². The maximum Gasteiger partial charge on any atom is 0.137 e. The second kappa shape index (κ2) is 14.8. The summed E-state index contributed by atoms with van der Waals surface area (Å²) in [6, 6.07) is 60.9. The third-order valence-corrected chi connectivity index (χ3v) is 11.9. The van der Waals surface area contributed by atoms with Gasteiger partial charge in [0.2, 0.25) is 0 Å². The Morgan fingerprint density at radius 2 is 1.26 bits per heavy atom. The first-order chi connectivity index (χ1) is 29.2. The van der Waals surface area contributed by atoms with E-state index in [1.54, 1.807) is 0 Å². The fraction of sp³-hybridized carbons (Fsp3) is 0.111. The number of fused-ring (bicyclic) bond motifs is 7. The van der Waals surface area contributed by atoms with Crippen molar-refractivity contribution < 1.29 is 25.8 Å². The van der Waals surface area contributed by atoms with Gasteiger partial charge in [-0.25, -0.2) is 4.98 Å². The number of aromatic nitrogens is 3. The van der Waals surface area contributed by atoms with E-state index in [0.29, 0.717) is 11.5 Å². The zero-order chi connectivity index (χ0) is 40.7. The van der Waals surface area contributed by atoms with Crippen molar-refractivity contribution in [2.75, 3.05) is 16.8 Å². The Morgan fingerprint density at radius 3 is 2.02 bits per heavy atom. The molecule has 10 aromatic rings. The maximum absolute atomic E-state index is 6.99. The molecule has 0 spiro atoms. The van der Waals surface area contributed by atoms with Crippen LogP contribution in [0.15, 0.2) is 158 Å². The van der Waals surface area contributed by atoms with Crippen LogP contribution in [0.5, 0.6) is 11.5 Å². The van der Waals surface area contributed by atoms with Crippen molar-refractivity contribution in [3.63, 3.8) is 0 Å². The molecule has 11 rings (SSSR count). The molecule has 7 heteroatoms. The third-order valence-electron chi connectivity index (χ3n) is 11.9. The molecule has 0 aliphatic carbocycles. The van der Waals surface area contributed by atoms with Crippen molar-refractivity contribution in [3.8, 4) is 39.6 Å². The molecule has 0 N–H and O–H groups in total. The standard InChI is InChI=1S/C54H42N5O.Pt/c1-54(2,3)38-27-39(58-34-56(4)50-26-37(24-25-48(50)58)35-16-8-6-9-17-35)29-40(28-38)60-41-30-44(36-18-10-7-11-19-36)53-43-21-13-15-23-47(43)59(51(53)31-41)52-32-49-45(33-55-52)42-20-12-14-22-46(42)57(49)5;/h6-28,30,32-34H,1-5H3;/q-3;. The predicted octanol–water partition coefficient (Wildman–Crippen LogP) is 13.6. The van der Waals surface area contributed by atoms with Gasteiger partial charge in [0.05, 0.1) is 5.52 Å². The van der Waals surface area contributed by atoms with Crippen molar-refractivity contribution in [1.82, 2.24) is 14.1 Å². The molecule has 0 saturated carbocycles. The summed E-state index contributed by atoms with van der Waals surface area (Å²) in [6.45, 7) is 8.84. The van der Waals surface area contributed by atoms with Gasteiger partial charge in [-0.3, -0.25) is 0 Å². The molecule has 0 bridgehead atoms. The zero-order valence-electron chi connectivity index (χ0n) is 34.5. The Labute approximate surface area is 370 Å². The Hall–Kier alpha value is -6.62. The van der Waals surface area contributed by atoms with Gasteiger partial charge in [-0.2, -0.15) is 6.67 Å². The number of benzene rings is 7. The number of para-hydroxylation sites is 2. The molecule has 0 radical (unpaired) electrons. The van der Waals surface area contributed by atoms with Crippen LogP contribution in [-0.4, -0.2) is 21.2 Å². The number of nitrogens with zero attached hydrogens (tertiary/aromatic N) is 5. The van der Waals surface area contributed by atoms with Crippen molar-refractivity contribution >= 4 is 60.7 Å². The quantitative estimate of drug-likeness (QED) is 0.156. The summed E-state index contributed by atoms with van der Waals surface area (Å²) in [6.07, 6.45) is 2.01. The number of hydrogen-bond donors (Lipinski definition) is 0. The second-order valence-electron chi connectivity index (χ2n) is 16.8. The molecule has 3 aromatic heterocycles. The summed E-state index contributed by atoms with van der Waals surface area (Å²) < 4.78 is 11.5. The Morgan fingerprint density at radius 1 is 0.590 bits per heavy atom. The fourth-order valence-corrected chi connectivity index (χ4v) is 8.86. The van der Waals surface area contributed by atoms with Crippen LogP contribution in [-0.2, 0) is 33.5 Å². The van der Waals surface area contributed by atoms with Crippen LogP contribution in [0.2, 0.25) is 0 Å². The van der Waals surface area contributed by atoms with E-state index in [2.05, 4.69) is 224 Å². The fourth-order valence-electron chi connectivity index (χ4n) is 8.86. The summed E-state index contributed by atoms with van der Waals surface area (Å²) in [4.78, 5) is 9.53. The van der Waals surface area contributed by atoms with Gasteiger partial charge in [-0.15, -0.1) is 47.1 Å². The van der Waals surface area contributed by atoms with E-state index in [1.807, 2.05) is 6.20 Å². The average molecular weight is 972 g/mol. The van der Waals surface area contributed by atoms with Crippen LogP contribution in [0.4, 0.5) is 17.1 Å². The molecule has 0 amide bonds. The van der Waals surface area contributed by atoms with Gasteiger partial charge in [0.1, 0.15) is 5.82 Å². The summed E-state index contributed by atoms with van der Waals surface area (Å²) in [7, 11) is 4.22. The average Bonchev–Trinajstić information content (AvgIpc) is 3.89. The first-order valence-corrected chi connectivity index (χ1v) is 20.4. The van der Waals surface area contributed by atoms with Gasteiger partial charge in [-0.05, 0) is 58.8 Å². The first kappa shape index (κ1) is 38.6. The summed E-state index contributed by atoms with van der Waals surface area (Å²) in [5.41, 5.74) is 12.9. The number of hydrogen-bond acceptors (Lipinski definition) is 4. The minimum absolute atomic E-state index is 0. The summed E-state index contributed by atoms with van der Waals surface area (Å²) in [5, 5.41) is 4.54. The van der Waals surface area contributed by atoms with Gasteiger partial charge in [0.15, 0.2) is 0 Å². The first-order valence-electron chi connectivity index (χ1n) is 20.4. The third kappa shape index (κ3) is 6.49. The van der Waals surface area contributed by atoms with Crippen molar-refractivity contribution in [1.29, 1.82) is 0 Å². The van der Waals surface area contributed by atoms with Crippen LogP contribution < -0.4 is 14.5 Å².